The van der Waals surface area contributed by atoms with Crippen molar-refractivity contribution in [2.24, 2.45) is 0 Å². The van der Waals surface area contributed by atoms with Gasteiger partial charge in [-0.25, -0.2) is 13.4 Å². The number of carbonyl (C=O) groups is 1. The molecule has 1 heterocycles. The van der Waals surface area contributed by atoms with Gasteiger partial charge >= 0.3 is 0 Å². The van der Waals surface area contributed by atoms with Crippen LogP contribution in [0, 0.1) is 13.8 Å². The first kappa shape index (κ1) is 19.8. The molecule has 9 heteroatoms. The van der Waals surface area contributed by atoms with Crippen molar-refractivity contribution < 1.29 is 13.2 Å². The van der Waals surface area contributed by atoms with E-state index in [1.807, 2.05) is 13.8 Å². The SMILES string of the molecule is CCN(CC)S(=O)(=O)c1cc(C(=O)Nc2nc(C)c(C)s2)ccc1Cl. The maximum Gasteiger partial charge on any atom is 0.257 e. The number of hydrogen-bond acceptors (Lipinski definition) is 5. The molecule has 0 radical (unpaired) electrons. The number of aromatic nitrogens is 1. The number of sulfonamides is 1. The Kier molecular flexibility index (Phi) is 6.21. The summed E-state index contributed by atoms with van der Waals surface area (Å²) < 4.78 is 26.7. The van der Waals surface area contributed by atoms with Gasteiger partial charge in [0.1, 0.15) is 4.90 Å². The molecule has 1 aromatic heterocycles. The molecular formula is C16H20ClN3O3S2. The van der Waals surface area contributed by atoms with E-state index in [9.17, 15) is 13.2 Å². The third-order valence-electron chi connectivity index (χ3n) is 3.77. The Balaban J connectivity index is 2.36. The van der Waals surface area contributed by atoms with Gasteiger partial charge in [-0.15, -0.1) is 11.3 Å². The number of amides is 1. The standard InChI is InChI=1S/C16H20ClN3O3S2/c1-5-20(6-2)25(22,23)14-9-12(7-8-13(14)17)15(21)19-16-18-10(3)11(4)24-16/h7-9H,5-6H2,1-4H3,(H,18,19,21). The van der Waals surface area contributed by atoms with E-state index in [2.05, 4.69) is 10.3 Å². The number of rotatable bonds is 6. The van der Waals surface area contributed by atoms with Crippen LogP contribution in [-0.4, -0.2) is 36.7 Å². The summed E-state index contributed by atoms with van der Waals surface area (Å²) in [5, 5.41) is 3.25. The first-order valence-electron chi connectivity index (χ1n) is 7.75. The lowest BCUT2D eigenvalue weighted by Gasteiger charge is -2.19. The van der Waals surface area contributed by atoms with Crippen molar-refractivity contribution in [1.29, 1.82) is 0 Å². The number of anilines is 1. The van der Waals surface area contributed by atoms with Crippen LogP contribution in [0.3, 0.4) is 0 Å². The highest BCUT2D eigenvalue weighted by atomic mass is 35.5. The predicted octanol–water partition coefficient (Wildman–Crippen LogP) is 3.70. The summed E-state index contributed by atoms with van der Waals surface area (Å²) in [4.78, 5) is 17.6. The number of halogens is 1. The Morgan fingerprint density at radius 2 is 1.92 bits per heavy atom. The fraction of sp³-hybridized carbons (Fsp3) is 0.375. The lowest BCUT2D eigenvalue weighted by Crippen LogP contribution is -2.31. The molecule has 0 fully saturated rings. The Labute approximate surface area is 156 Å². The molecule has 1 N–H and O–H groups in total. The zero-order valence-corrected chi connectivity index (χ0v) is 16.8. The van der Waals surface area contributed by atoms with Gasteiger partial charge in [0.05, 0.1) is 10.7 Å². The van der Waals surface area contributed by atoms with Gasteiger partial charge in [-0.05, 0) is 32.0 Å². The lowest BCUT2D eigenvalue weighted by molar-refractivity contribution is 0.102. The highest BCUT2D eigenvalue weighted by molar-refractivity contribution is 7.89. The molecule has 0 aliphatic heterocycles. The van der Waals surface area contributed by atoms with Crippen LogP contribution < -0.4 is 5.32 Å². The summed E-state index contributed by atoms with van der Waals surface area (Å²) in [6.45, 7) is 7.92. The number of hydrogen-bond donors (Lipinski definition) is 1. The molecule has 0 saturated carbocycles. The van der Waals surface area contributed by atoms with Crippen LogP contribution in [0.5, 0.6) is 0 Å². The third-order valence-corrected chi connectivity index (χ3v) is 7.29. The molecule has 6 nitrogen and oxygen atoms in total. The number of benzene rings is 1. The van der Waals surface area contributed by atoms with Crippen molar-refractivity contribution in [3.63, 3.8) is 0 Å². The highest BCUT2D eigenvalue weighted by Gasteiger charge is 2.25. The molecule has 0 unspecified atom stereocenters. The Morgan fingerprint density at radius 3 is 2.44 bits per heavy atom. The topological polar surface area (TPSA) is 79.4 Å². The van der Waals surface area contributed by atoms with Gasteiger partial charge in [-0.2, -0.15) is 4.31 Å². The van der Waals surface area contributed by atoms with Crippen LogP contribution >= 0.6 is 22.9 Å². The molecule has 25 heavy (non-hydrogen) atoms. The zero-order valence-electron chi connectivity index (χ0n) is 14.5. The molecule has 1 aromatic carbocycles. The predicted molar refractivity (Wildman–Crippen MR) is 101 cm³/mol. The number of thiazole rings is 1. The first-order chi connectivity index (χ1) is 11.7. The van der Waals surface area contributed by atoms with E-state index in [4.69, 9.17) is 11.6 Å². The van der Waals surface area contributed by atoms with Gasteiger partial charge in [-0.1, -0.05) is 25.4 Å². The van der Waals surface area contributed by atoms with Crippen LogP contribution in [0.2, 0.25) is 5.02 Å². The number of nitrogens with one attached hydrogen (secondary N) is 1. The van der Waals surface area contributed by atoms with E-state index in [1.54, 1.807) is 13.8 Å². The van der Waals surface area contributed by atoms with Crippen molar-refractivity contribution in [2.75, 3.05) is 18.4 Å². The summed E-state index contributed by atoms with van der Waals surface area (Å²) in [6.07, 6.45) is 0. The van der Waals surface area contributed by atoms with Crippen LogP contribution in [0.4, 0.5) is 5.13 Å². The van der Waals surface area contributed by atoms with E-state index in [0.29, 0.717) is 18.2 Å². The normalized spacial score (nSPS) is 11.8. The van der Waals surface area contributed by atoms with E-state index in [0.717, 1.165) is 10.6 Å². The monoisotopic (exact) mass is 401 g/mol. The van der Waals surface area contributed by atoms with Crippen LogP contribution in [0.25, 0.3) is 0 Å². The number of carbonyl (C=O) groups excluding carboxylic acids is 1. The maximum absolute atomic E-state index is 12.7. The summed E-state index contributed by atoms with van der Waals surface area (Å²) in [5.41, 5.74) is 1.06. The minimum absolute atomic E-state index is 0.0722. The van der Waals surface area contributed by atoms with Gasteiger partial charge < -0.3 is 0 Å². The largest absolute Gasteiger partial charge is 0.298 e. The molecule has 2 aromatic rings. The zero-order chi connectivity index (χ0) is 18.8. The van der Waals surface area contributed by atoms with E-state index in [1.165, 1.54) is 33.8 Å². The van der Waals surface area contributed by atoms with E-state index in [-0.39, 0.29) is 15.5 Å². The molecule has 0 aliphatic rings. The minimum Gasteiger partial charge on any atom is -0.298 e. The average Bonchev–Trinajstić information content (AvgIpc) is 2.86. The molecule has 1 amide bonds. The maximum atomic E-state index is 12.7. The second-order valence-corrected chi connectivity index (χ2v) is 8.87. The Morgan fingerprint density at radius 1 is 1.28 bits per heavy atom. The fourth-order valence-corrected chi connectivity index (χ4v) is 5.01. The van der Waals surface area contributed by atoms with Crippen molar-refractivity contribution in [1.82, 2.24) is 9.29 Å². The van der Waals surface area contributed by atoms with Gasteiger partial charge in [-0.3, -0.25) is 10.1 Å². The summed E-state index contributed by atoms with van der Waals surface area (Å²) >= 11 is 7.45. The van der Waals surface area contributed by atoms with Crippen LogP contribution in [-0.2, 0) is 10.0 Å². The number of nitrogens with zero attached hydrogens (tertiary/aromatic N) is 2. The Bertz CT molecular complexity index is 871. The molecule has 0 bridgehead atoms. The van der Waals surface area contributed by atoms with Gasteiger partial charge in [0.25, 0.3) is 5.91 Å². The molecule has 0 atom stereocenters. The molecule has 0 spiro atoms. The second-order valence-electron chi connectivity index (χ2n) is 5.35. The second kappa shape index (κ2) is 7.82. The van der Waals surface area contributed by atoms with E-state index < -0.39 is 15.9 Å². The van der Waals surface area contributed by atoms with Crippen molar-refractivity contribution in [3.8, 4) is 0 Å². The first-order valence-corrected chi connectivity index (χ1v) is 10.4. The van der Waals surface area contributed by atoms with Crippen LogP contribution in [0.1, 0.15) is 34.8 Å². The summed E-state index contributed by atoms with van der Waals surface area (Å²) in [5.74, 6) is -0.429. The molecule has 0 aliphatic carbocycles. The smallest absolute Gasteiger partial charge is 0.257 e. The fourth-order valence-electron chi connectivity index (χ4n) is 2.24. The van der Waals surface area contributed by atoms with Crippen molar-refractivity contribution in [3.05, 3.63) is 39.4 Å². The van der Waals surface area contributed by atoms with Gasteiger partial charge in [0, 0.05) is 23.5 Å². The van der Waals surface area contributed by atoms with Crippen LogP contribution in [0.15, 0.2) is 23.1 Å². The molecular weight excluding hydrogens is 382 g/mol. The third kappa shape index (κ3) is 4.20. The highest BCUT2D eigenvalue weighted by Crippen LogP contribution is 2.27. The van der Waals surface area contributed by atoms with Crippen molar-refractivity contribution >= 4 is 44.0 Å². The van der Waals surface area contributed by atoms with Gasteiger partial charge in [0.2, 0.25) is 10.0 Å². The van der Waals surface area contributed by atoms with Crippen molar-refractivity contribution in [2.45, 2.75) is 32.6 Å². The molecule has 0 saturated heterocycles. The average molecular weight is 402 g/mol. The Hall–Kier alpha value is -1.48. The minimum atomic E-state index is -3.75. The number of aryl methyl sites for hydroxylation is 2. The lowest BCUT2D eigenvalue weighted by atomic mass is 10.2. The molecule has 2 rings (SSSR count). The van der Waals surface area contributed by atoms with Gasteiger partial charge in [0.15, 0.2) is 5.13 Å². The molecule has 136 valence electrons. The summed E-state index contributed by atoms with van der Waals surface area (Å²) in [6, 6.07) is 4.22. The quantitative estimate of drug-likeness (QED) is 0.800. The summed E-state index contributed by atoms with van der Waals surface area (Å²) in [7, 11) is -3.75. The van der Waals surface area contributed by atoms with E-state index >= 15 is 0 Å².